The maximum Gasteiger partial charge on any atom is 0.472 e. The molecular formula is C37H45FN5O14P. The van der Waals surface area contributed by atoms with E-state index in [9.17, 15) is 33.0 Å². The number of aromatic nitrogens is 4. The van der Waals surface area contributed by atoms with E-state index in [1.54, 1.807) is 47.1 Å². The predicted molar refractivity (Wildman–Crippen MR) is 202 cm³/mol. The maximum atomic E-state index is 14.8. The zero-order valence-electron chi connectivity index (χ0n) is 31.9. The number of fused-ring (bicyclic) bond motifs is 1. The molecule has 0 bridgehead atoms. The molecule has 0 amide bonds. The molecule has 0 spiro atoms. The minimum Gasteiger partial charge on any atom is -0.464 e. The summed E-state index contributed by atoms with van der Waals surface area (Å²) in [6.45, 7) is 1.98. The third kappa shape index (κ3) is 16.1. The fraction of sp³-hybridized carbons (Fsp3) is 0.432. The van der Waals surface area contributed by atoms with E-state index < -0.39 is 38.4 Å². The lowest BCUT2D eigenvalue weighted by Gasteiger charge is -2.18. The fourth-order valence-corrected chi connectivity index (χ4v) is 5.75. The van der Waals surface area contributed by atoms with Crippen molar-refractivity contribution in [3.8, 4) is 0 Å². The van der Waals surface area contributed by atoms with Crippen LogP contribution < -0.4 is 4.90 Å². The fourth-order valence-electron chi connectivity index (χ4n) is 4.96. The second-order valence-electron chi connectivity index (χ2n) is 12.5. The highest BCUT2D eigenvalue weighted by atomic mass is 31.2. The first-order valence-corrected chi connectivity index (χ1v) is 19.5. The summed E-state index contributed by atoms with van der Waals surface area (Å²) in [4.78, 5) is 60.3. The van der Waals surface area contributed by atoms with E-state index in [-0.39, 0.29) is 71.8 Å². The van der Waals surface area contributed by atoms with Crippen LogP contribution in [0.1, 0.15) is 48.3 Å². The minimum absolute atomic E-state index is 0.0412. The summed E-state index contributed by atoms with van der Waals surface area (Å²) in [5, 5.41) is 9.06. The van der Waals surface area contributed by atoms with Crippen LogP contribution in [0.25, 0.3) is 23.1 Å². The molecule has 0 radical (unpaired) electrons. The standard InChI is InChI=1S/C37H45FN5O14P/c1-27-7-8-29-20-31(57-33(29)19-27)11-9-28-10-12-34(39-37(28)38)42(2)13-14-43-21-30(40-41-43)22-53-36(47)5-3-15-50-17-18-52-35(46)6-4-16-55-58(48,49)56-24-32(54-26-45)23-51-25-44/h7-12,19-21,25-26,32H,3-6,13-18,22-24H2,1-2H3,(H,48,49)/b11-9+. The lowest BCUT2D eigenvalue weighted by atomic mass is 10.2. The van der Waals surface area contributed by atoms with E-state index in [0.29, 0.717) is 42.3 Å². The number of carbonyl (C=O) groups excluding carboxylic acids is 4. The monoisotopic (exact) mass is 833 g/mol. The van der Waals surface area contributed by atoms with Gasteiger partial charge in [0.2, 0.25) is 5.95 Å². The van der Waals surface area contributed by atoms with Crippen LogP contribution in [0.3, 0.4) is 0 Å². The Bertz CT molecular complexity index is 2020. The third-order valence-corrected chi connectivity index (χ3v) is 8.95. The number of aryl methyl sites for hydroxylation is 1. The number of furan rings is 1. The number of esters is 2. The summed E-state index contributed by atoms with van der Waals surface area (Å²) in [6, 6.07) is 11.2. The van der Waals surface area contributed by atoms with Gasteiger partial charge in [-0.15, -0.1) is 5.10 Å². The number of pyridine rings is 1. The molecule has 4 aromatic rings. The molecule has 0 saturated carbocycles. The summed E-state index contributed by atoms with van der Waals surface area (Å²) in [5.41, 5.74) is 2.64. The van der Waals surface area contributed by atoms with Gasteiger partial charge in [-0.3, -0.25) is 32.9 Å². The first-order chi connectivity index (χ1) is 27.9. The Labute approximate surface area is 332 Å². The summed E-state index contributed by atoms with van der Waals surface area (Å²) < 4.78 is 68.2. The van der Waals surface area contributed by atoms with Crippen LogP contribution >= 0.6 is 7.82 Å². The first-order valence-electron chi connectivity index (χ1n) is 18.0. The van der Waals surface area contributed by atoms with Gasteiger partial charge >= 0.3 is 19.8 Å². The van der Waals surface area contributed by atoms with Crippen LogP contribution in [0.4, 0.5) is 10.2 Å². The second-order valence-corrected chi connectivity index (χ2v) is 14.0. The average Bonchev–Trinajstić information content (AvgIpc) is 3.84. The van der Waals surface area contributed by atoms with Crippen LogP contribution in [0.2, 0.25) is 0 Å². The molecule has 2 unspecified atom stereocenters. The lowest BCUT2D eigenvalue weighted by Crippen LogP contribution is -2.24. The first kappa shape index (κ1) is 45.2. The van der Waals surface area contributed by atoms with Gasteiger partial charge in [-0.2, -0.15) is 4.39 Å². The zero-order valence-corrected chi connectivity index (χ0v) is 32.8. The Hall–Kier alpha value is -5.53. The van der Waals surface area contributed by atoms with Gasteiger partial charge in [0, 0.05) is 44.0 Å². The van der Waals surface area contributed by atoms with Crippen molar-refractivity contribution in [1.82, 2.24) is 20.0 Å². The number of halogens is 1. The molecule has 19 nitrogen and oxygen atoms in total. The van der Waals surface area contributed by atoms with Gasteiger partial charge in [0.25, 0.3) is 12.9 Å². The Morgan fingerprint density at radius 3 is 2.55 bits per heavy atom. The molecule has 0 fully saturated rings. The van der Waals surface area contributed by atoms with Crippen molar-refractivity contribution in [2.24, 2.45) is 0 Å². The molecule has 2 atom stereocenters. The van der Waals surface area contributed by atoms with Gasteiger partial charge in [0.1, 0.15) is 42.7 Å². The van der Waals surface area contributed by atoms with E-state index in [1.807, 2.05) is 31.2 Å². The molecule has 3 heterocycles. The normalized spacial score (nSPS) is 12.9. The smallest absolute Gasteiger partial charge is 0.464 e. The molecule has 1 N–H and O–H groups in total. The van der Waals surface area contributed by atoms with Crippen molar-refractivity contribution < 1.29 is 70.2 Å². The number of hydrogen-bond acceptors (Lipinski definition) is 17. The number of carbonyl (C=O) groups is 4. The third-order valence-electron chi connectivity index (χ3n) is 7.97. The molecule has 58 heavy (non-hydrogen) atoms. The van der Waals surface area contributed by atoms with Crippen molar-refractivity contribution in [2.75, 3.05) is 58.1 Å². The van der Waals surface area contributed by atoms with Crippen LogP contribution in [0.15, 0.2) is 47.0 Å². The second kappa shape index (κ2) is 23.6. The number of benzene rings is 1. The topological polar surface area (TPSA) is 230 Å². The number of anilines is 1. The van der Waals surface area contributed by atoms with Crippen molar-refractivity contribution in [3.63, 3.8) is 0 Å². The molecule has 0 aliphatic heterocycles. The predicted octanol–water partition coefficient (Wildman–Crippen LogP) is 4.19. The average molecular weight is 834 g/mol. The van der Waals surface area contributed by atoms with Gasteiger partial charge in [-0.05, 0) is 61.7 Å². The van der Waals surface area contributed by atoms with Crippen molar-refractivity contribution in [2.45, 2.75) is 51.9 Å². The van der Waals surface area contributed by atoms with Crippen LogP contribution in [0.5, 0.6) is 0 Å². The van der Waals surface area contributed by atoms with Crippen LogP contribution in [-0.2, 0) is 69.6 Å². The van der Waals surface area contributed by atoms with Crippen LogP contribution in [-0.4, -0.2) is 109 Å². The molecule has 3 aromatic heterocycles. The highest BCUT2D eigenvalue weighted by molar-refractivity contribution is 7.47. The highest BCUT2D eigenvalue weighted by Crippen LogP contribution is 2.43. The van der Waals surface area contributed by atoms with E-state index in [2.05, 4.69) is 29.3 Å². The quantitative estimate of drug-likeness (QED) is 0.0211. The number of hydrogen-bond donors (Lipinski definition) is 1. The number of phosphoric acid groups is 1. The Morgan fingerprint density at radius 2 is 1.78 bits per heavy atom. The van der Waals surface area contributed by atoms with Crippen LogP contribution in [0, 0.1) is 12.9 Å². The highest BCUT2D eigenvalue weighted by Gasteiger charge is 2.24. The number of likely N-dealkylation sites (N-methyl/N-ethyl adjacent to an activating group) is 1. The molecule has 0 aliphatic rings. The van der Waals surface area contributed by atoms with E-state index >= 15 is 0 Å². The Kier molecular flexibility index (Phi) is 18.4. The number of phosphoric ester groups is 1. The van der Waals surface area contributed by atoms with E-state index in [4.69, 9.17) is 23.2 Å². The summed E-state index contributed by atoms with van der Waals surface area (Å²) in [6.07, 6.45) is 4.26. The summed E-state index contributed by atoms with van der Waals surface area (Å²) >= 11 is 0. The Morgan fingerprint density at radius 1 is 0.983 bits per heavy atom. The number of nitrogens with zero attached hydrogens (tertiary/aromatic N) is 5. The number of rotatable bonds is 28. The lowest BCUT2D eigenvalue weighted by molar-refractivity contribution is -0.145. The largest absolute Gasteiger partial charge is 0.472 e. The van der Waals surface area contributed by atoms with E-state index in [0.717, 1.165) is 16.5 Å². The van der Waals surface area contributed by atoms with Crippen molar-refractivity contribution in [1.29, 1.82) is 0 Å². The molecule has 21 heteroatoms. The van der Waals surface area contributed by atoms with Gasteiger partial charge in [0.15, 0.2) is 6.10 Å². The maximum absolute atomic E-state index is 14.8. The van der Waals surface area contributed by atoms with Gasteiger partial charge in [0.05, 0.1) is 32.6 Å². The number of ether oxygens (including phenoxy) is 5. The summed E-state index contributed by atoms with van der Waals surface area (Å²) in [5.74, 6) is -0.600. The molecule has 1 aromatic carbocycles. The van der Waals surface area contributed by atoms with Crippen molar-refractivity contribution in [3.05, 3.63) is 71.1 Å². The molecule has 314 valence electrons. The van der Waals surface area contributed by atoms with Crippen molar-refractivity contribution >= 4 is 61.6 Å². The van der Waals surface area contributed by atoms with Gasteiger partial charge in [-0.1, -0.05) is 17.3 Å². The molecule has 4 rings (SSSR count). The van der Waals surface area contributed by atoms with E-state index in [1.165, 1.54) is 0 Å². The van der Waals surface area contributed by atoms with Gasteiger partial charge < -0.3 is 37.9 Å². The summed E-state index contributed by atoms with van der Waals surface area (Å²) in [7, 11) is -2.74. The molecular weight excluding hydrogens is 788 g/mol. The zero-order chi connectivity index (χ0) is 41.8. The molecule has 0 aliphatic carbocycles. The molecule has 0 saturated heterocycles. The minimum atomic E-state index is -4.52. The Balaban J connectivity index is 1.02. The SMILES string of the molecule is Cc1ccc2cc(/C=C/c3ccc(N(C)CCn4cc(COC(=O)CCCOCCOC(=O)CCCOP(=O)(O)OCC(COC=O)OC=O)nn4)nc3F)oc2c1. The van der Waals surface area contributed by atoms with Gasteiger partial charge in [-0.25, -0.2) is 9.55 Å².